The minimum atomic E-state index is 0.337. The number of nitrogens with zero attached hydrogens (tertiary/aromatic N) is 4. The fraction of sp³-hybridized carbons (Fsp3) is 0.545. The van der Waals surface area contributed by atoms with Crippen LogP contribution >= 0.6 is 11.5 Å². The van der Waals surface area contributed by atoms with Gasteiger partial charge in [0, 0.05) is 13.1 Å². The fourth-order valence-corrected chi connectivity index (χ4v) is 2.70. The van der Waals surface area contributed by atoms with E-state index < -0.39 is 0 Å². The summed E-state index contributed by atoms with van der Waals surface area (Å²) < 4.78 is 6.51. The molecule has 0 saturated carbocycles. The van der Waals surface area contributed by atoms with E-state index in [1.54, 1.807) is 0 Å². The lowest BCUT2D eigenvalue weighted by Gasteiger charge is -2.12. The Kier molecular flexibility index (Phi) is 3.15. The molecular weight excluding hydrogens is 234 g/mol. The van der Waals surface area contributed by atoms with Crippen LogP contribution in [0.5, 0.6) is 0 Å². The zero-order chi connectivity index (χ0) is 12.6. The third-order valence-corrected chi connectivity index (χ3v) is 3.65. The molecule has 92 valence electrons. The summed E-state index contributed by atoms with van der Waals surface area (Å²) in [4.78, 5) is 0. The van der Waals surface area contributed by atoms with Crippen LogP contribution in [-0.2, 0) is 0 Å². The third-order valence-electron chi connectivity index (χ3n) is 2.70. The highest BCUT2D eigenvalue weighted by molar-refractivity contribution is 7.10. The summed E-state index contributed by atoms with van der Waals surface area (Å²) in [6.45, 7) is 8.24. The Bertz CT molecular complexity index is 526. The summed E-state index contributed by atoms with van der Waals surface area (Å²) in [5, 5.41) is 12.7. The lowest BCUT2D eigenvalue weighted by atomic mass is 10.2. The van der Waals surface area contributed by atoms with Gasteiger partial charge in [0.2, 0.25) is 0 Å². The monoisotopic (exact) mass is 251 g/mol. The van der Waals surface area contributed by atoms with Crippen LogP contribution in [0, 0.1) is 13.8 Å². The maximum absolute atomic E-state index is 4.37. The van der Waals surface area contributed by atoms with Crippen molar-refractivity contribution in [3.8, 4) is 11.4 Å². The van der Waals surface area contributed by atoms with E-state index in [0.717, 1.165) is 27.9 Å². The van der Waals surface area contributed by atoms with Crippen molar-refractivity contribution in [2.24, 2.45) is 0 Å². The van der Waals surface area contributed by atoms with E-state index in [1.807, 2.05) is 20.9 Å². The van der Waals surface area contributed by atoms with E-state index >= 15 is 0 Å². The summed E-state index contributed by atoms with van der Waals surface area (Å²) in [5.41, 5.74) is 2.06. The molecule has 1 N–H and O–H groups in total. The van der Waals surface area contributed by atoms with Gasteiger partial charge in [-0.05, 0) is 39.2 Å². The largest absolute Gasteiger partial charge is 0.378 e. The van der Waals surface area contributed by atoms with Crippen LogP contribution in [0.2, 0.25) is 0 Å². The molecule has 0 fully saturated rings. The second-order valence-corrected chi connectivity index (χ2v) is 5.03. The van der Waals surface area contributed by atoms with Gasteiger partial charge in [-0.3, -0.25) is 0 Å². The molecular formula is C11H17N5S. The zero-order valence-electron chi connectivity index (χ0n) is 10.8. The first-order chi connectivity index (χ1) is 8.06. The van der Waals surface area contributed by atoms with E-state index in [4.69, 9.17) is 0 Å². The Morgan fingerprint density at radius 3 is 2.53 bits per heavy atom. The number of nitrogens with one attached hydrogen (secondary N) is 1. The lowest BCUT2D eigenvalue weighted by molar-refractivity contribution is 0.587. The summed E-state index contributed by atoms with van der Waals surface area (Å²) in [7, 11) is 1.90. The number of hydrogen-bond donors (Lipinski definition) is 1. The second kappa shape index (κ2) is 4.44. The van der Waals surface area contributed by atoms with Crippen molar-refractivity contribution >= 4 is 16.5 Å². The lowest BCUT2D eigenvalue weighted by Crippen LogP contribution is -2.06. The van der Waals surface area contributed by atoms with E-state index in [-0.39, 0.29) is 0 Å². The van der Waals surface area contributed by atoms with Crippen LogP contribution in [-0.4, -0.2) is 26.2 Å². The standard InChI is InChI=1S/C11H17N5S/c1-6(2)16-8(4)13-14-10(16)9-7(3)15-17-11(9)12-5/h6,12H,1-5H3. The molecule has 5 nitrogen and oxygen atoms in total. The number of rotatable bonds is 3. The molecule has 17 heavy (non-hydrogen) atoms. The average molecular weight is 251 g/mol. The topological polar surface area (TPSA) is 55.6 Å². The molecule has 2 aromatic heterocycles. The van der Waals surface area contributed by atoms with Crippen LogP contribution in [0.4, 0.5) is 5.00 Å². The summed E-state index contributed by atoms with van der Waals surface area (Å²) in [5.74, 6) is 1.83. The summed E-state index contributed by atoms with van der Waals surface area (Å²) in [6, 6.07) is 0.337. The molecule has 0 saturated heterocycles. The van der Waals surface area contributed by atoms with Gasteiger partial charge < -0.3 is 9.88 Å². The SMILES string of the molecule is CNc1snc(C)c1-c1nnc(C)n1C(C)C. The molecule has 0 bridgehead atoms. The molecule has 0 unspecified atom stereocenters. The predicted molar refractivity (Wildman–Crippen MR) is 70.5 cm³/mol. The van der Waals surface area contributed by atoms with Crippen molar-refractivity contribution < 1.29 is 0 Å². The molecule has 0 amide bonds. The third kappa shape index (κ3) is 1.93. The van der Waals surface area contributed by atoms with Gasteiger partial charge >= 0.3 is 0 Å². The Hall–Kier alpha value is -1.43. The molecule has 2 rings (SSSR count). The molecule has 0 aliphatic carbocycles. The maximum Gasteiger partial charge on any atom is 0.169 e. The smallest absolute Gasteiger partial charge is 0.169 e. The number of hydrogen-bond acceptors (Lipinski definition) is 5. The first-order valence-corrected chi connectivity index (χ1v) is 6.39. The van der Waals surface area contributed by atoms with Crippen LogP contribution in [0.15, 0.2) is 0 Å². The Labute approximate surface area is 105 Å². The van der Waals surface area contributed by atoms with Gasteiger partial charge in [-0.2, -0.15) is 4.37 Å². The molecule has 0 aromatic carbocycles. The van der Waals surface area contributed by atoms with Crippen molar-refractivity contribution in [2.75, 3.05) is 12.4 Å². The summed E-state index contributed by atoms with van der Waals surface area (Å²) in [6.07, 6.45) is 0. The highest BCUT2D eigenvalue weighted by Crippen LogP contribution is 2.34. The average Bonchev–Trinajstić information content (AvgIpc) is 2.81. The molecule has 0 aliphatic rings. The van der Waals surface area contributed by atoms with Crippen LogP contribution in [0.1, 0.15) is 31.4 Å². The molecule has 2 aromatic rings. The van der Waals surface area contributed by atoms with Crippen molar-refractivity contribution in [2.45, 2.75) is 33.7 Å². The minimum Gasteiger partial charge on any atom is -0.378 e. The predicted octanol–water partition coefficient (Wildman–Crippen LogP) is 2.64. The number of aryl methyl sites for hydroxylation is 2. The Morgan fingerprint density at radius 2 is 1.94 bits per heavy atom. The van der Waals surface area contributed by atoms with Gasteiger partial charge in [0.1, 0.15) is 10.8 Å². The van der Waals surface area contributed by atoms with Gasteiger partial charge in [-0.25, -0.2) is 0 Å². The highest BCUT2D eigenvalue weighted by atomic mass is 32.1. The van der Waals surface area contributed by atoms with Crippen molar-refractivity contribution in [1.82, 2.24) is 19.1 Å². The first kappa shape index (κ1) is 12.0. The summed E-state index contributed by atoms with van der Waals surface area (Å²) >= 11 is 1.46. The highest BCUT2D eigenvalue weighted by Gasteiger charge is 2.20. The molecule has 0 atom stereocenters. The van der Waals surface area contributed by atoms with E-state index in [0.29, 0.717) is 6.04 Å². The zero-order valence-corrected chi connectivity index (χ0v) is 11.6. The van der Waals surface area contributed by atoms with Crippen molar-refractivity contribution in [3.05, 3.63) is 11.5 Å². The normalized spacial score (nSPS) is 11.2. The molecule has 6 heteroatoms. The van der Waals surface area contributed by atoms with E-state index in [9.17, 15) is 0 Å². The van der Waals surface area contributed by atoms with Gasteiger partial charge in [0.05, 0.1) is 11.3 Å². The van der Waals surface area contributed by atoms with Crippen molar-refractivity contribution in [1.29, 1.82) is 0 Å². The van der Waals surface area contributed by atoms with Gasteiger partial charge in [0.25, 0.3) is 0 Å². The van der Waals surface area contributed by atoms with Crippen LogP contribution in [0.3, 0.4) is 0 Å². The number of anilines is 1. The molecule has 0 radical (unpaired) electrons. The van der Waals surface area contributed by atoms with Crippen LogP contribution in [0.25, 0.3) is 11.4 Å². The molecule has 2 heterocycles. The molecule has 0 spiro atoms. The molecule has 0 aliphatic heterocycles. The second-order valence-electron chi connectivity index (χ2n) is 4.26. The maximum atomic E-state index is 4.37. The minimum absolute atomic E-state index is 0.337. The fourth-order valence-electron chi connectivity index (χ4n) is 1.96. The van der Waals surface area contributed by atoms with Crippen molar-refractivity contribution in [3.63, 3.8) is 0 Å². The first-order valence-electron chi connectivity index (χ1n) is 5.62. The van der Waals surface area contributed by atoms with Crippen LogP contribution < -0.4 is 5.32 Å². The van der Waals surface area contributed by atoms with E-state index in [1.165, 1.54) is 11.5 Å². The van der Waals surface area contributed by atoms with E-state index in [2.05, 4.69) is 38.3 Å². The Balaban J connectivity index is 2.64. The van der Waals surface area contributed by atoms with Gasteiger partial charge in [-0.1, -0.05) is 0 Å². The van der Waals surface area contributed by atoms with Gasteiger partial charge in [0.15, 0.2) is 5.82 Å². The Morgan fingerprint density at radius 1 is 1.24 bits per heavy atom. The quantitative estimate of drug-likeness (QED) is 0.911. The number of aromatic nitrogens is 4. The van der Waals surface area contributed by atoms with Gasteiger partial charge in [-0.15, -0.1) is 10.2 Å².